The fourth-order valence-electron chi connectivity index (χ4n) is 4.84. The van der Waals surface area contributed by atoms with E-state index in [1.165, 1.54) is 0 Å². The van der Waals surface area contributed by atoms with Crippen molar-refractivity contribution >= 4 is 18.0 Å². The Morgan fingerprint density at radius 2 is 1.74 bits per heavy atom. The number of carboxylic acids is 1. The molecule has 2 amide bonds. The van der Waals surface area contributed by atoms with Gasteiger partial charge >= 0.3 is 12.1 Å². The van der Waals surface area contributed by atoms with E-state index in [4.69, 9.17) is 14.6 Å². The number of aliphatic hydroxyl groups excluding tert-OH is 1. The smallest absolute Gasteiger partial charge is 0.407 e. The van der Waals surface area contributed by atoms with Gasteiger partial charge in [0.15, 0.2) is 0 Å². The van der Waals surface area contributed by atoms with Crippen LogP contribution < -0.4 is 10.6 Å². The molecule has 0 spiro atoms. The van der Waals surface area contributed by atoms with E-state index < -0.39 is 29.4 Å². The van der Waals surface area contributed by atoms with Crippen LogP contribution in [0.2, 0.25) is 0 Å². The van der Waals surface area contributed by atoms with Gasteiger partial charge in [-0.05, 0) is 35.1 Å². The van der Waals surface area contributed by atoms with Crippen molar-refractivity contribution in [2.45, 2.75) is 31.2 Å². The van der Waals surface area contributed by atoms with Crippen LogP contribution in [0.3, 0.4) is 0 Å². The minimum atomic E-state index is -1.23. The van der Waals surface area contributed by atoms with Gasteiger partial charge in [0.05, 0.1) is 12.0 Å². The van der Waals surface area contributed by atoms with Crippen molar-refractivity contribution in [2.75, 3.05) is 33.0 Å². The van der Waals surface area contributed by atoms with Gasteiger partial charge in [0.25, 0.3) is 0 Å². The second-order valence-corrected chi connectivity index (χ2v) is 8.99. The SMILES string of the molecule is O=C(NCC1(C(=O)N[C@H](CCO)C(=O)O)CCCOC1)OCC1c2ccccc2-c2ccccc21. The van der Waals surface area contributed by atoms with E-state index in [0.717, 1.165) is 22.3 Å². The second kappa shape index (κ2) is 10.9. The topological polar surface area (TPSA) is 134 Å². The van der Waals surface area contributed by atoms with E-state index in [1.54, 1.807) is 0 Å². The zero-order valence-corrected chi connectivity index (χ0v) is 19.4. The molecule has 1 aliphatic carbocycles. The molecule has 2 atom stereocenters. The van der Waals surface area contributed by atoms with Crippen LogP contribution in [-0.2, 0) is 19.1 Å². The Balaban J connectivity index is 1.39. The number of carbonyl (C=O) groups excluding carboxylic acids is 2. The molecule has 0 saturated carbocycles. The summed E-state index contributed by atoms with van der Waals surface area (Å²) in [7, 11) is 0. The molecule has 186 valence electrons. The predicted octanol–water partition coefficient (Wildman–Crippen LogP) is 2.27. The third kappa shape index (κ3) is 5.31. The molecule has 9 heteroatoms. The van der Waals surface area contributed by atoms with Crippen LogP contribution in [0, 0.1) is 5.41 Å². The van der Waals surface area contributed by atoms with Crippen LogP contribution in [0.4, 0.5) is 4.79 Å². The minimum absolute atomic E-state index is 0.0496. The maximum absolute atomic E-state index is 13.0. The molecule has 9 nitrogen and oxygen atoms in total. The molecule has 1 fully saturated rings. The highest BCUT2D eigenvalue weighted by Crippen LogP contribution is 2.44. The lowest BCUT2D eigenvalue weighted by atomic mass is 9.81. The average Bonchev–Trinajstić information content (AvgIpc) is 3.20. The van der Waals surface area contributed by atoms with Gasteiger partial charge in [0.2, 0.25) is 5.91 Å². The molecule has 2 aromatic carbocycles. The van der Waals surface area contributed by atoms with Gasteiger partial charge < -0.3 is 30.3 Å². The number of aliphatic hydroxyl groups is 1. The van der Waals surface area contributed by atoms with E-state index >= 15 is 0 Å². The lowest BCUT2D eigenvalue weighted by molar-refractivity contribution is -0.147. The molecule has 4 N–H and O–H groups in total. The first-order valence-corrected chi connectivity index (χ1v) is 11.8. The number of nitrogens with one attached hydrogen (secondary N) is 2. The number of aliphatic carboxylic acids is 1. The molecule has 2 aromatic rings. The quantitative estimate of drug-likeness (QED) is 0.431. The van der Waals surface area contributed by atoms with E-state index in [0.29, 0.717) is 19.4 Å². The van der Waals surface area contributed by atoms with Gasteiger partial charge in [-0.2, -0.15) is 0 Å². The summed E-state index contributed by atoms with van der Waals surface area (Å²) in [5, 5.41) is 23.6. The Bertz CT molecular complexity index is 1040. The van der Waals surface area contributed by atoms with Crippen molar-refractivity contribution in [1.29, 1.82) is 0 Å². The van der Waals surface area contributed by atoms with Gasteiger partial charge in [0.1, 0.15) is 12.6 Å². The zero-order valence-electron chi connectivity index (χ0n) is 19.4. The average molecular weight is 483 g/mol. The summed E-state index contributed by atoms with van der Waals surface area (Å²) in [6.45, 7) is 0.250. The monoisotopic (exact) mass is 482 g/mol. The molecule has 1 aliphatic heterocycles. The fraction of sp³-hybridized carbons (Fsp3) is 0.423. The van der Waals surface area contributed by atoms with Crippen molar-refractivity contribution in [2.24, 2.45) is 5.41 Å². The lowest BCUT2D eigenvalue weighted by Gasteiger charge is -2.36. The predicted molar refractivity (Wildman–Crippen MR) is 127 cm³/mol. The number of hydrogen-bond acceptors (Lipinski definition) is 6. The van der Waals surface area contributed by atoms with Crippen LogP contribution in [0.1, 0.15) is 36.3 Å². The van der Waals surface area contributed by atoms with Gasteiger partial charge in [-0.25, -0.2) is 9.59 Å². The molecule has 1 saturated heterocycles. The van der Waals surface area contributed by atoms with Crippen LogP contribution in [-0.4, -0.2) is 67.2 Å². The van der Waals surface area contributed by atoms with E-state index in [9.17, 15) is 19.5 Å². The third-order valence-corrected chi connectivity index (χ3v) is 6.74. The van der Waals surface area contributed by atoms with Gasteiger partial charge in [0, 0.05) is 32.1 Å². The molecule has 0 aromatic heterocycles. The number of alkyl carbamates (subject to hydrolysis) is 1. The number of carbonyl (C=O) groups is 3. The van der Waals surface area contributed by atoms with E-state index in [1.807, 2.05) is 36.4 Å². The van der Waals surface area contributed by atoms with Gasteiger partial charge in [-0.1, -0.05) is 48.5 Å². The third-order valence-electron chi connectivity index (χ3n) is 6.74. The van der Waals surface area contributed by atoms with Crippen LogP contribution >= 0.6 is 0 Å². The largest absolute Gasteiger partial charge is 0.480 e. The fourth-order valence-corrected chi connectivity index (χ4v) is 4.84. The summed E-state index contributed by atoms with van der Waals surface area (Å²) in [6.07, 6.45) is 0.248. The van der Waals surface area contributed by atoms with E-state index in [-0.39, 0.29) is 38.7 Å². The van der Waals surface area contributed by atoms with Crippen LogP contribution in [0.15, 0.2) is 48.5 Å². The minimum Gasteiger partial charge on any atom is -0.480 e. The lowest BCUT2D eigenvalue weighted by Crippen LogP contribution is -2.56. The first kappa shape index (κ1) is 24.7. The molecule has 35 heavy (non-hydrogen) atoms. The summed E-state index contributed by atoms with van der Waals surface area (Å²) in [5.74, 6) is -1.85. The number of ether oxygens (including phenoxy) is 2. The summed E-state index contributed by atoms with van der Waals surface area (Å²) in [6, 6.07) is 14.9. The highest BCUT2D eigenvalue weighted by Gasteiger charge is 2.42. The zero-order chi connectivity index (χ0) is 24.8. The number of fused-ring (bicyclic) bond motifs is 3. The van der Waals surface area contributed by atoms with Crippen molar-refractivity contribution in [3.05, 3.63) is 59.7 Å². The van der Waals surface area contributed by atoms with Crippen molar-refractivity contribution < 1.29 is 34.1 Å². The first-order valence-electron chi connectivity index (χ1n) is 11.8. The highest BCUT2D eigenvalue weighted by atomic mass is 16.5. The number of benzene rings is 2. The Morgan fingerprint density at radius 3 is 2.31 bits per heavy atom. The normalized spacial score (nSPS) is 19.8. The molecule has 1 unspecified atom stereocenters. The molecule has 0 radical (unpaired) electrons. The highest BCUT2D eigenvalue weighted by molar-refractivity contribution is 5.88. The summed E-state index contributed by atoms with van der Waals surface area (Å²) in [4.78, 5) is 37.1. The van der Waals surface area contributed by atoms with Crippen molar-refractivity contribution in [1.82, 2.24) is 10.6 Å². The number of hydrogen-bond donors (Lipinski definition) is 4. The Morgan fingerprint density at radius 1 is 1.09 bits per heavy atom. The van der Waals surface area contributed by atoms with Crippen molar-refractivity contribution in [3.8, 4) is 11.1 Å². The first-order chi connectivity index (χ1) is 16.9. The molecule has 0 bridgehead atoms. The van der Waals surface area contributed by atoms with Crippen LogP contribution in [0.25, 0.3) is 11.1 Å². The summed E-state index contributed by atoms with van der Waals surface area (Å²) < 4.78 is 11.1. The van der Waals surface area contributed by atoms with E-state index in [2.05, 4.69) is 22.8 Å². The van der Waals surface area contributed by atoms with Crippen LogP contribution in [0.5, 0.6) is 0 Å². The molecular weight excluding hydrogens is 452 g/mol. The Hall–Kier alpha value is -3.43. The summed E-state index contributed by atoms with van der Waals surface area (Å²) in [5.41, 5.74) is 3.33. The maximum atomic E-state index is 13.0. The van der Waals surface area contributed by atoms with Gasteiger partial charge in [-0.15, -0.1) is 0 Å². The molecular formula is C26H30N2O7. The molecule has 4 rings (SSSR count). The number of carboxylic acid groups (broad SMARTS) is 1. The second-order valence-electron chi connectivity index (χ2n) is 8.99. The van der Waals surface area contributed by atoms with Gasteiger partial charge in [-0.3, -0.25) is 4.79 Å². The Kier molecular flexibility index (Phi) is 7.67. The van der Waals surface area contributed by atoms with Crippen molar-refractivity contribution in [3.63, 3.8) is 0 Å². The molecule has 1 heterocycles. The number of amides is 2. The molecule has 2 aliphatic rings. The summed E-state index contributed by atoms with van der Waals surface area (Å²) >= 11 is 0. The maximum Gasteiger partial charge on any atom is 0.407 e. The number of rotatable bonds is 9. The standard InChI is InChI=1S/C26H30N2O7/c29-12-10-22(23(30)31)28-24(32)26(11-5-13-34-16-26)15-27-25(33)35-14-21-19-8-3-1-6-17(19)18-7-2-4-9-20(18)21/h1-4,6-9,21-22,29H,5,10-16H2,(H,27,33)(H,28,32)(H,30,31)/t22-,26?/m1/s1. The Labute approximate surface area is 203 Å².